The van der Waals surface area contributed by atoms with Crippen molar-refractivity contribution in [3.05, 3.63) is 0 Å². The second-order valence-electron chi connectivity index (χ2n) is 10.1. The quantitative estimate of drug-likeness (QED) is 0.220. The van der Waals surface area contributed by atoms with Crippen molar-refractivity contribution in [2.75, 3.05) is 26.2 Å². The second kappa shape index (κ2) is 17.3. The van der Waals surface area contributed by atoms with E-state index in [9.17, 15) is 14.4 Å². The molecule has 0 atom stereocenters. The molecule has 0 fully saturated rings. The van der Waals surface area contributed by atoms with Crippen molar-refractivity contribution in [3.63, 3.8) is 0 Å². The third kappa shape index (κ3) is 24.3. The van der Waals surface area contributed by atoms with Gasteiger partial charge in [-0.25, -0.2) is 14.4 Å². The number of hydrogen-bond donors (Lipinski definition) is 3. The van der Waals surface area contributed by atoms with Crippen molar-refractivity contribution >= 4 is 18.3 Å². The highest BCUT2D eigenvalue weighted by atomic mass is 16.6. The van der Waals surface area contributed by atoms with Crippen LogP contribution in [0.1, 0.15) is 99.3 Å². The average molecular weight is 474 g/mol. The highest BCUT2D eigenvalue weighted by molar-refractivity contribution is 5.68. The number of ether oxygens (including phenoxy) is 3. The number of rotatable bonds is 15. The summed E-state index contributed by atoms with van der Waals surface area (Å²) in [5.74, 6) is 0. The molecule has 0 unspecified atom stereocenters. The van der Waals surface area contributed by atoms with Gasteiger partial charge in [-0.3, -0.25) is 0 Å². The molecule has 0 aromatic carbocycles. The third-order valence-corrected chi connectivity index (χ3v) is 4.26. The van der Waals surface area contributed by atoms with Crippen molar-refractivity contribution in [2.45, 2.75) is 111 Å². The summed E-state index contributed by atoms with van der Waals surface area (Å²) in [6.45, 7) is 12.9. The molecule has 0 aliphatic rings. The van der Waals surface area contributed by atoms with Crippen molar-refractivity contribution < 1.29 is 28.6 Å². The van der Waals surface area contributed by atoms with E-state index in [1.165, 1.54) is 6.42 Å². The number of nitrogens with one attached hydrogen (secondary N) is 3. The summed E-state index contributed by atoms with van der Waals surface area (Å²) in [6.07, 6.45) is 7.91. The minimum Gasteiger partial charge on any atom is -0.450 e. The molecule has 0 bridgehead atoms. The molecule has 9 heteroatoms. The van der Waals surface area contributed by atoms with Crippen LogP contribution in [0, 0.1) is 0 Å². The van der Waals surface area contributed by atoms with Gasteiger partial charge in [0, 0.05) is 19.6 Å². The van der Waals surface area contributed by atoms with Crippen LogP contribution in [-0.4, -0.2) is 55.7 Å². The average Bonchev–Trinajstić information content (AvgIpc) is 2.65. The lowest BCUT2D eigenvalue weighted by Gasteiger charge is -2.19. The Morgan fingerprint density at radius 3 is 1.33 bits per heavy atom. The van der Waals surface area contributed by atoms with Crippen LogP contribution in [0.4, 0.5) is 14.4 Å². The molecular formula is C24H47N3O6. The maximum Gasteiger partial charge on any atom is 0.407 e. The van der Waals surface area contributed by atoms with Crippen LogP contribution in [0.15, 0.2) is 0 Å². The Labute approximate surface area is 200 Å². The lowest BCUT2D eigenvalue weighted by Crippen LogP contribution is -2.34. The van der Waals surface area contributed by atoms with E-state index in [0.29, 0.717) is 32.7 Å². The number of amides is 3. The minimum atomic E-state index is -0.520. The van der Waals surface area contributed by atoms with E-state index in [1.54, 1.807) is 20.8 Å². The van der Waals surface area contributed by atoms with Gasteiger partial charge in [-0.05, 0) is 60.8 Å². The van der Waals surface area contributed by atoms with Gasteiger partial charge >= 0.3 is 18.3 Å². The molecular weight excluding hydrogens is 426 g/mol. The first-order chi connectivity index (χ1) is 15.4. The maximum atomic E-state index is 11.6. The van der Waals surface area contributed by atoms with E-state index in [2.05, 4.69) is 16.0 Å². The highest BCUT2D eigenvalue weighted by Crippen LogP contribution is 2.09. The molecule has 0 rings (SSSR count). The van der Waals surface area contributed by atoms with Gasteiger partial charge < -0.3 is 30.2 Å². The van der Waals surface area contributed by atoms with E-state index in [-0.39, 0.29) is 6.09 Å². The second-order valence-corrected chi connectivity index (χ2v) is 10.1. The number of alkyl carbamates (subject to hydrolysis) is 3. The first kappa shape index (κ1) is 30.8. The molecule has 0 aliphatic carbocycles. The Balaban J connectivity index is 3.37. The predicted molar refractivity (Wildman–Crippen MR) is 129 cm³/mol. The Hall–Kier alpha value is -2.19. The molecule has 194 valence electrons. The summed E-state index contributed by atoms with van der Waals surface area (Å²) < 4.78 is 15.5. The van der Waals surface area contributed by atoms with E-state index in [4.69, 9.17) is 14.2 Å². The molecule has 0 heterocycles. The van der Waals surface area contributed by atoms with Gasteiger partial charge in [0.25, 0.3) is 0 Å². The highest BCUT2D eigenvalue weighted by Gasteiger charge is 2.16. The van der Waals surface area contributed by atoms with Gasteiger partial charge in [0.1, 0.15) is 11.2 Å². The Bertz CT molecular complexity index is 555. The van der Waals surface area contributed by atoms with Crippen molar-refractivity contribution in [3.8, 4) is 0 Å². The monoisotopic (exact) mass is 473 g/mol. The van der Waals surface area contributed by atoms with Crippen LogP contribution >= 0.6 is 0 Å². The maximum absolute atomic E-state index is 11.6. The number of hydrogen-bond acceptors (Lipinski definition) is 6. The molecule has 9 nitrogen and oxygen atoms in total. The predicted octanol–water partition coefficient (Wildman–Crippen LogP) is 5.27. The number of unbranched alkanes of at least 4 members (excludes halogenated alkanes) is 7. The number of carbonyl (C=O) groups is 3. The van der Waals surface area contributed by atoms with Crippen molar-refractivity contribution in [2.24, 2.45) is 0 Å². The van der Waals surface area contributed by atoms with E-state index >= 15 is 0 Å². The van der Waals surface area contributed by atoms with Gasteiger partial charge in [-0.1, -0.05) is 38.5 Å². The fourth-order valence-electron chi connectivity index (χ4n) is 2.79. The summed E-state index contributed by atoms with van der Waals surface area (Å²) in [6, 6.07) is 0. The van der Waals surface area contributed by atoms with Crippen LogP contribution < -0.4 is 16.0 Å². The molecule has 0 spiro atoms. The fraction of sp³-hybridized carbons (Fsp3) is 0.875. The SMILES string of the molecule is CC(C)(C)OC(=O)NCCCCCCCCCCOC(=O)NCCCNC(=O)OC(C)(C)C. The first-order valence-corrected chi connectivity index (χ1v) is 12.2. The summed E-state index contributed by atoms with van der Waals surface area (Å²) in [5.41, 5.74) is -0.977. The standard InChI is InChI=1S/C24H47N3O6/c1-23(2,3)32-21(29)26-16-13-11-9-7-8-10-12-14-19-31-20(28)25-17-15-18-27-22(30)33-24(4,5)6/h7-19H2,1-6H3,(H,25,28)(H,26,29)(H,27,30). The third-order valence-electron chi connectivity index (χ3n) is 4.26. The minimum absolute atomic E-state index is 0.353. The van der Waals surface area contributed by atoms with Gasteiger partial charge in [0.2, 0.25) is 0 Å². The molecule has 0 aromatic rings. The topological polar surface area (TPSA) is 115 Å². The van der Waals surface area contributed by atoms with Crippen molar-refractivity contribution in [1.82, 2.24) is 16.0 Å². The Kier molecular flexibility index (Phi) is 16.2. The smallest absolute Gasteiger partial charge is 0.407 e. The van der Waals surface area contributed by atoms with Crippen LogP contribution in [0.3, 0.4) is 0 Å². The zero-order chi connectivity index (χ0) is 25.2. The number of carbonyl (C=O) groups excluding carboxylic acids is 3. The summed E-state index contributed by atoms with van der Waals surface area (Å²) in [7, 11) is 0. The van der Waals surface area contributed by atoms with Crippen LogP contribution in [0.25, 0.3) is 0 Å². The summed E-state index contributed by atoms with van der Waals surface area (Å²) in [4.78, 5) is 34.6. The molecule has 3 amide bonds. The first-order valence-electron chi connectivity index (χ1n) is 12.2. The largest absolute Gasteiger partial charge is 0.450 e. The Morgan fingerprint density at radius 2 is 0.879 bits per heavy atom. The van der Waals surface area contributed by atoms with Crippen molar-refractivity contribution in [1.29, 1.82) is 0 Å². The molecule has 0 saturated heterocycles. The van der Waals surface area contributed by atoms with E-state index in [1.807, 2.05) is 20.8 Å². The van der Waals surface area contributed by atoms with Gasteiger partial charge in [-0.2, -0.15) is 0 Å². The summed E-state index contributed by atoms with van der Waals surface area (Å²) in [5, 5.41) is 8.09. The van der Waals surface area contributed by atoms with Gasteiger partial charge in [0.05, 0.1) is 6.61 Å². The molecule has 0 aliphatic heterocycles. The molecule has 0 radical (unpaired) electrons. The lowest BCUT2D eigenvalue weighted by molar-refractivity contribution is 0.0515. The van der Waals surface area contributed by atoms with Crippen LogP contribution in [0.5, 0.6) is 0 Å². The van der Waals surface area contributed by atoms with E-state index in [0.717, 1.165) is 44.9 Å². The zero-order valence-corrected chi connectivity index (χ0v) is 21.6. The lowest BCUT2D eigenvalue weighted by atomic mass is 10.1. The molecule has 0 aromatic heterocycles. The van der Waals surface area contributed by atoms with Gasteiger partial charge in [0.15, 0.2) is 0 Å². The van der Waals surface area contributed by atoms with E-state index < -0.39 is 23.4 Å². The molecule has 33 heavy (non-hydrogen) atoms. The summed E-state index contributed by atoms with van der Waals surface area (Å²) >= 11 is 0. The Morgan fingerprint density at radius 1 is 0.515 bits per heavy atom. The van der Waals surface area contributed by atoms with Crippen LogP contribution in [-0.2, 0) is 14.2 Å². The van der Waals surface area contributed by atoms with Crippen LogP contribution in [0.2, 0.25) is 0 Å². The zero-order valence-electron chi connectivity index (χ0n) is 21.6. The molecule has 0 saturated carbocycles. The molecule has 3 N–H and O–H groups in total. The normalized spacial score (nSPS) is 11.5. The fourth-order valence-corrected chi connectivity index (χ4v) is 2.79. The van der Waals surface area contributed by atoms with Gasteiger partial charge in [-0.15, -0.1) is 0 Å².